The van der Waals surface area contributed by atoms with Crippen LogP contribution in [0.25, 0.3) is 0 Å². The van der Waals surface area contributed by atoms with Crippen LogP contribution in [0.3, 0.4) is 0 Å². The summed E-state index contributed by atoms with van der Waals surface area (Å²) in [7, 11) is -2.92. The molecule has 0 aromatic rings. The third-order valence-corrected chi connectivity index (χ3v) is 3.43. The highest BCUT2D eigenvalue weighted by atomic mass is 31.2. The first-order chi connectivity index (χ1) is 6.68. The van der Waals surface area contributed by atoms with Gasteiger partial charge >= 0.3 is 7.60 Å². The second kappa shape index (κ2) is 8.18. The molecule has 0 saturated heterocycles. The molecule has 0 unspecified atom stereocenters. The van der Waals surface area contributed by atoms with Gasteiger partial charge in [-0.05, 0) is 13.8 Å². The zero-order valence-electron chi connectivity index (χ0n) is 8.90. The second-order valence-electron chi connectivity index (χ2n) is 2.53. The third-order valence-electron chi connectivity index (χ3n) is 1.40. The van der Waals surface area contributed by atoms with E-state index in [0.717, 1.165) is 0 Å². The van der Waals surface area contributed by atoms with Crippen molar-refractivity contribution in [1.29, 1.82) is 0 Å². The standard InChI is InChI=1S/C9H19O4P/c1-4-7-11-8-9-14(10,12-5-2)13-6-3/h4H,1,5-9H2,2-3H3. The Morgan fingerprint density at radius 2 is 1.86 bits per heavy atom. The van der Waals surface area contributed by atoms with E-state index in [1.807, 2.05) is 0 Å². The first-order valence-electron chi connectivity index (χ1n) is 4.75. The molecule has 0 amide bonds. The fourth-order valence-electron chi connectivity index (χ4n) is 0.903. The summed E-state index contributed by atoms with van der Waals surface area (Å²) in [5.74, 6) is 0. The van der Waals surface area contributed by atoms with Gasteiger partial charge in [-0.3, -0.25) is 4.57 Å². The van der Waals surface area contributed by atoms with Gasteiger partial charge < -0.3 is 13.8 Å². The Hall–Kier alpha value is -0.150. The van der Waals surface area contributed by atoms with E-state index >= 15 is 0 Å². The molecule has 0 bridgehead atoms. The van der Waals surface area contributed by atoms with Crippen LogP contribution in [0, 0.1) is 0 Å². The summed E-state index contributed by atoms with van der Waals surface area (Å²) in [6.45, 7) is 8.68. The summed E-state index contributed by atoms with van der Waals surface area (Å²) in [6.07, 6.45) is 1.94. The zero-order valence-corrected chi connectivity index (χ0v) is 9.79. The first-order valence-corrected chi connectivity index (χ1v) is 6.48. The molecule has 0 rings (SSSR count). The Morgan fingerprint density at radius 1 is 1.29 bits per heavy atom. The topological polar surface area (TPSA) is 44.8 Å². The molecule has 0 aliphatic carbocycles. The quantitative estimate of drug-likeness (QED) is 0.341. The van der Waals surface area contributed by atoms with E-state index in [2.05, 4.69) is 6.58 Å². The van der Waals surface area contributed by atoms with E-state index in [-0.39, 0.29) is 0 Å². The third kappa shape index (κ3) is 6.33. The van der Waals surface area contributed by atoms with Crippen molar-refractivity contribution in [3.8, 4) is 0 Å². The van der Waals surface area contributed by atoms with Crippen molar-refractivity contribution in [3.63, 3.8) is 0 Å². The summed E-state index contributed by atoms with van der Waals surface area (Å²) in [5.41, 5.74) is 0. The molecule has 0 saturated carbocycles. The Labute approximate surface area is 85.8 Å². The van der Waals surface area contributed by atoms with Crippen LogP contribution in [0.1, 0.15) is 13.8 Å². The highest BCUT2D eigenvalue weighted by Crippen LogP contribution is 2.47. The lowest BCUT2D eigenvalue weighted by atomic mass is 10.7. The Morgan fingerprint density at radius 3 is 2.29 bits per heavy atom. The van der Waals surface area contributed by atoms with Gasteiger partial charge in [-0.2, -0.15) is 0 Å². The van der Waals surface area contributed by atoms with Gasteiger partial charge in [-0.25, -0.2) is 0 Å². The Bertz CT molecular complexity index is 183. The molecule has 0 atom stereocenters. The van der Waals surface area contributed by atoms with Gasteiger partial charge in [0.1, 0.15) is 0 Å². The van der Waals surface area contributed by atoms with E-state index in [1.54, 1.807) is 19.9 Å². The molecule has 0 aliphatic heterocycles. The summed E-state index contributed by atoms with van der Waals surface area (Å²) in [4.78, 5) is 0. The van der Waals surface area contributed by atoms with Crippen molar-refractivity contribution in [2.45, 2.75) is 13.8 Å². The van der Waals surface area contributed by atoms with Gasteiger partial charge in [0.05, 0.1) is 32.6 Å². The van der Waals surface area contributed by atoms with Gasteiger partial charge in [0.15, 0.2) is 0 Å². The van der Waals surface area contributed by atoms with Gasteiger partial charge in [0, 0.05) is 0 Å². The molecule has 0 aromatic carbocycles. The maximum atomic E-state index is 11.8. The van der Waals surface area contributed by atoms with Gasteiger partial charge in [-0.1, -0.05) is 6.08 Å². The number of ether oxygens (including phenoxy) is 1. The minimum absolute atomic E-state index is 0.294. The second-order valence-corrected chi connectivity index (χ2v) is 4.72. The molecule has 0 radical (unpaired) electrons. The molecule has 0 spiro atoms. The van der Waals surface area contributed by atoms with Gasteiger partial charge in [0.2, 0.25) is 0 Å². The highest BCUT2D eigenvalue weighted by molar-refractivity contribution is 7.53. The molecule has 4 nitrogen and oxygen atoms in total. The summed E-state index contributed by atoms with van der Waals surface area (Å²) in [5, 5.41) is 0. The van der Waals surface area contributed by atoms with E-state index < -0.39 is 7.60 Å². The number of rotatable bonds is 9. The average molecular weight is 222 g/mol. The normalized spacial score (nSPS) is 11.6. The van der Waals surface area contributed by atoms with Crippen LogP contribution in [0.4, 0.5) is 0 Å². The summed E-state index contributed by atoms with van der Waals surface area (Å²) < 4.78 is 27.1. The van der Waals surface area contributed by atoms with Crippen molar-refractivity contribution in [3.05, 3.63) is 12.7 Å². The molecule has 0 aromatic heterocycles. The molecule has 0 aliphatic rings. The van der Waals surface area contributed by atoms with E-state index in [4.69, 9.17) is 13.8 Å². The average Bonchev–Trinajstić information content (AvgIpc) is 2.13. The van der Waals surface area contributed by atoms with Crippen LogP contribution in [-0.2, 0) is 18.3 Å². The SMILES string of the molecule is C=CCOCCP(=O)(OCC)OCC. The smallest absolute Gasteiger partial charge is 0.332 e. The van der Waals surface area contributed by atoms with Gasteiger partial charge in [-0.15, -0.1) is 6.58 Å². The van der Waals surface area contributed by atoms with Crippen molar-refractivity contribution in [2.24, 2.45) is 0 Å². The molecule has 0 fully saturated rings. The van der Waals surface area contributed by atoms with Crippen LogP contribution in [-0.4, -0.2) is 32.6 Å². The molecular weight excluding hydrogens is 203 g/mol. The zero-order chi connectivity index (χ0) is 10.9. The molecule has 0 N–H and O–H groups in total. The van der Waals surface area contributed by atoms with Crippen LogP contribution < -0.4 is 0 Å². The van der Waals surface area contributed by atoms with Gasteiger partial charge in [0.25, 0.3) is 0 Å². The predicted octanol–water partition coefficient (Wildman–Crippen LogP) is 2.46. The van der Waals surface area contributed by atoms with Crippen molar-refractivity contribution >= 4 is 7.60 Å². The van der Waals surface area contributed by atoms with E-state index in [0.29, 0.717) is 32.6 Å². The largest absolute Gasteiger partial charge is 0.377 e. The molecule has 5 heteroatoms. The molecule has 14 heavy (non-hydrogen) atoms. The summed E-state index contributed by atoms with van der Waals surface area (Å²) in [6, 6.07) is 0. The molecule has 0 heterocycles. The van der Waals surface area contributed by atoms with Crippen molar-refractivity contribution in [1.82, 2.24) is 0 Å². The van der Waals surface area contributed by atoms with E-state index in [1.165, 1.54) is 0 Å². The van der Waals surface area contributed by atoms with Crippen LogP contribution in [0.2, 0.25) is 0 Å². The van der Waals surface area contributed by atoms with Crippen LogP contribution >= 0.6 is 7.60 Å². The highest BCUT2D eigenvalue weighted by Gasteiger charge is 2.22. The monoisotopic (exact) mass is 222 g/mol. The Kier molecular flexibility index (Phi) is 8.09. The van der Waals surface area contributed by atoms with Crippen LogP contribution in [0.15, 0.2) is 12.7 Å². The first kappa shape index (κ1) is 13.8. The lowest BCUT2D eigenvalue weighted by molar-refractivity contribution is 0.163. The lowest BCUT2D eigenvalue weighted by Gasteiger charge is -2.16. The lowest BCUT2D eigenvalue weighted by Crippen LogP contribution is -2.06. The van der Waals surface area contributed by atoms with Crippen molar-refractivity contribution < 1.29 is 18.3 Å². The Balaban J connectivity index is 3.83. The maximum Gasteiger partial charge on any atom is 0.332 e. The number of hydrogen-bond acceptors (Lipinski definition) is 4. The molecular formula is C9H19O4P. The fraction of sp³-hybridized carbons (Fsp3) is 0.778. The maximum absolute atomic E-state index is 11.8. The molecule has 84 valence electrons. The summed E-state index contributed by atoms with van der Waals surface area (Å²) >= 11 is 0. The number of hydrogen-bond donors (Lipinski definition) is 0. The minimum atomic E-state index is -2.92. The van der Waals surface area contributed by atoms with E-state index in [9.17, 15) is 4.57 Å². The van der Waals surface area contributed by atoms with Crippen LogP contribution in [0.5, 0.6) is 0 Å². The fourth-order valence-corrected chi connectivity index (χ4v) is 2.38. The minimum Gasteiger partial charge on any atom is -0.377 e. The predicted molar refractivity (Wildman–Crippen MR) is 56.7 cm³/mol. The van der Waals surface area contributed by atoms with Crippen molar-refractivity contribution in [2.75, 3.05) is 32.6 Å².